The van der Waals surface area contributed by atoms with Crippen LogP contribution in [0.2, 0.25) is 0 Å². The van der Waals surface area contributed by atoms with Crippen LogP contribution in [0.4, 0.5) is 16.2 Å². The molecule has 3 aromatic rings. The quantitative estimate of drug-likeness (QED) is 0.286. The number of hydrogen-bond donors (Lipinski definition) is 4. The molecule has 1 heterocycles. The molecule has 0 unspecified atom stereocenters. The Hall–Kier alpha value is -4.21. The lowest BCUT2D eigenvalue weighted by Crippen LogP contribution is -2.42. The molecule has 4 N–H and O–H groups in total. The van der Waals surface area contributed by atoms with Crippen LogP contribution in [0.1, 0.15) is 29.6 Å². The molecule has 0 bridgehead atoms. The first-order valence-electron chi connectivity index (χ1n) is 13.7. The summed E-state index contributed by atoms with van der Waals surface area (Å²) in [5.41, 5.74) is 3.78. The second-order valence-electron chi connectivity index (χ2n) is 9.72. The maximum Gasteiger partial charge on any atom is 0.411 e. The largest absolute Gasteiger partial charge is 0.446 e. The van der Waals surface area contributed by atoms with Crippen LogP contribution < -0.4 is 21.3 Å². The fourth-order valence-electron chi connectivity index (χ4n) is 4.63. The molecule has 9 nitrogen and oxygen atoms in total. The Morgan fingerprint density at radius 2 is 1.62 bits per heavy atom. The highest BCUT2D eigenvalue weighted by atomic mass is 16.6. The molecule has 0 aromatic heterocycles. The van der Waals surface area contributed by atoms with Crippen LogP contribution in [0.15, 0.2) is 78.9 Å². The molecule has 4 rings (SSSR count). The third-order valence-electron chi connectivity index (χ3n) is 6.78. The van der Waals surface area contributed by atoms with E-state index in [4.69, 9.17) is 4.74 Å². The molecule has 0 saturated carbocycles. The van der Waals surface area contributed by atoms with Gasteiger partial charge in [0.15, 0.2) is 0 Å². The summed E-state index contributed by atoms with van der Waals surface area (Å²) in [6.07, 6.45) is 1.23. The fraction of sp³-hybridized carbons (Fsp3) is 0.323. The van der Waals surface area contributed by atoms with E-state index in [1.54, 1.807) is 31.3 Å². The van der Waals surface area contributed by atoms with Crippen molar-refractivity contribution < 1.29 is 19.1 Å². The summed E-state index contributed by atoms with van der Waals surface area (Å²) in [6, 6.07) is 24.5. The van der Waals surface area contributed by atoms with Crippen molar-refractivity contribution in [2.45, 2.75) is 25.4 Å². The van der Waals surface area contributed by atoms with Crippen molar-refractivity contribution in [1.29, 1.82) is 0 Å². The van der Waals surface area contributed by atoms with Crippen molar-refractivity contribution in [1.82, 2.24) is 15.5 Å². The van der Waals surface area contributed by atoms with Gasteiger partial charge in [-0.05, 0) is 49.7 Å². The number of likely N-dealkylation sites (tertiary alicyclic amines) is 1. The number of anilines is 2. The first-order chi connectivity index (χ1) is 19.5. The minimum absolute atomic E-state index is 0.103. The average molecular weight is 544 g/mol. The molecule has 1 aliphatic rings. The summed E-state index contributed by atoms with van der Waals surface area (Å²) < 4.78 is 5.72. The van der Waals surface area contributed by atoms with Crippen LogP contribution in [0.5, 0.6) is 0 Å². The van der Waals surface area contributed by atoms with Gasteiger partial charge in [0.25, 0.3) is 5.91 Å². The molecule has 1 aliphatic heterocycles. The maximum atomic E-state index is 12.6. The maximum absolute atomic E-state index is 12.6. The number of benzene rings is 3. The molecule has 3 amide bonds. The minimum Gasteiger partial charge on any atom is -0.446 e. The van der Waals surface area contributed by atoms with Gasteiger partial charge in [-0.25, -0.2) is 4.79 Å². The number of ether oxygens (including phenoxy) is 1. The van der Waals surface area contributed by atoms with Crippen LogP contribution >= 0.6 is 0 Å². The highest BCUT2D eigenvalue weighted by Gasteiger charge is 2.23. The van der Waals surface area contributed by atoms with Crippen molar-refractivity contribution in [3.05, 3.63) is 84.4 Å². The van der Waals surface area contributed by atoms with E-state index in [9.17, 15) is 14.4 Å². The first kappa shape index (κ1) is 28.8. The van der Waals surface area contributed by atoms with Gasteiger partial charge in [-0.1, -0.05) is 54.6 Å². The van der Waals surface area contributed by atoms with Crippen molar-refractivity contribution in [3.63, 3.8) is 0 Å². The average Bonchev–Trinajstić information content (AvgIpc) is 2.98. The normalized spacial score (nSPS) is 13.8. The number of piperidine rings is 1. The molecule has 0 spiro atoms. The van der Waals surface area contributed by atoms with Crippen LogP contribution in [0, 0.1) is 0 Å². The third kappa shape index (κ3) is 8.65. The van der Waals surface area contributed by atoms with E-state index in [1.165, 1.54) is 0 Å². The fourth-order valence-corrected chi connectivity index (χ4v) is 4.63. The minimum atomic E-state index is -0.449. The standard InChI is InChI=1S/C31H37N5O4/c1-32-17-14-29(37)34-25-11-7-10-24(22-25)30(38)33-18-21-36-19-15-26(16-20-36)40-31(39)35-28-13-6-5-12-27(28)23-8-3-2-4-9-23/h2-13,22,26,32H,14-21H2,1H3,(H,33,38)(H,34,37)(H,35,39). The molecule has 40 heavy (non-hydrogen) atoms. The van der Waals surface area contributed by atoms with E-state index in [0.717, 1.165) is 37.1 Å². The van der Waals surface area contributed by atoms with E-state index in [-0.39, 0.29) is 17.9 Å². The van der Waals surface area contributed by atoms with E-state index in [0.29, 0.717) is 43.0 Å². The van der Waals surface area contributed by atoms with Gasteiger partial charge < -0.3 is 25.6 Å². The Balaban J connectivity index is 1.17. The number of carbonyl (C=O) groups is 3. The predicted octanol–water partition coefficient (Wildman–Crippen LogP) is 4.34. The van der Waals surface area contributed by atoms with Crippen molar-refractivity contribution in [3.8, 4) is 11.1 Å². The molecule has 3 aromatic carbocycles. The Kier molecular flexibility index (Phi) is 10.7. The van der Waals surface area contributed by atoms with E-state index >= 15 is 0 Å². The van der Waals surface area contributed by atoms with Gasteiger partial charge in [0.2, 0.25) is 5.91 Å². The lowest BCUT2D eigenvalue weighted by atomic mass is 10.0. The van der Waals surface area contributed by atoms with Gasteiger partial charge in [-0.2, -0.15) is 0 Å². The molecule has 0 aliphatic carbocycles. The molecule has 9 heteroatoms. The van der Waals surface area contributed by atoms with Crippen LogP contribution in [0.3, 0.4) is 0 Å². The topological polar surface area (TPSA) is 112 Å². The van der Waals surface area contributed by atoms with Gasteiger partial charge >= 0.3 is 6.09 Å². The number of para-hydroxylation sites is 1. The van der Waals surface area contributed by atoms with E-state index in [2.05, 4.69) is 26.2 Å². The zero-order chi connectivity index (χ0) is 28.2. The number of hydrogen-bond acceptors (Lipinski definition) is 6. The molecular formula is C31H37N5O4. The van der Waals surface area contributed by atoms with Crippen molar-refractivity contribution in [2.24, 2.45) is 0 Å². The zero-order valence-corrected chi connectivity index (χ0v) is 22.8. The smallest absolute Gasteiger partial charge is 0.411 e. The molecule has 1 fully saturated rings. The lowest BCUT2D eigenvalue weighted by Gasteiger charge is -2.31. The number of carbonyl (C=O) groups excluding carboxylic acids is 3. The van der Waals surface area contributed by atoms with Gasteiger partial charge in [-0.15, -0.1) is 0 Å². The molecule has 1 saturated heterocycles. The van der Waals surface area contributed by atoms with E-state index < -0.39 is 6.09 Å². The zero-order valence-electron chi connectivity index (χ0n) is 22.8. The summed E-state index contributed by atoms with van der Waals surface area (Å²) in [5, 5.41) is 11.6. The van der Waals surface area contributed by atoms with Gasteiger partial charge in [0.1, 0.15) is 6.10 Å². The van der Waals surface area contributed by atoms with Crippen LogP contribution in [-0.2, 0) is 9.53 Å². The Morgan fingerprint density at radius 3 is 2.40 bits per heavy atom. The summed E-state index contributed by atoms with van der Waals surface area (Å²) in [5.74, 6) is -0.286. The Morgan fingerprint density at radius 1 is 0.875 bits per heavy atom. The molecular weight excluding hydrogens is 506 g/mol. The summed E-state index contributed by atoms with van der Waals surface area (Å²) in [6.45, 7) is 3.35. The van der Waals surface area contributed by atoms with E-state index in [1.807, 2.05) is 54.6 Å². The summed E-state index contributed by atoms with van der Waals surface area (Å²) in [7, 11) is 1.79. The number of nitrogens with zero attached hydrogens (tertiary/aromatic N) is 1. The Labute approximate surface area is 235 Å². The third-order valence-corrected chi connectivity index (χ3v) is 6.78. The first-order valence-corrected chi connectivity index (χ1v) is 13.7. The summed E-state index contributed by atoms with van der Waals surface area (Å²) in [4.78, 5) is 39.4. The van der Waals surface area contributed by atoms with Gasteiger partial charge in [0.05, 0.1) is 5.69 Å². The molecule has 0 atom stereocenters. The van der Waals surface area contributed by atoms with Crippen LogP contribution in [0.25, 0.3) is 11.1 Å². The second kappa shape index (κ2) is 14.8. The number of rotatable bonds is 11. The second-order valence-corrected chi connectivity index (χ2v) is 9.72. The summed E-state index contributed by atoms with van der Waals surface area (Å²) >= 11 is 0. The highest BCUT2D eigenvalue weighted by Crippen LogP contribution is 2.28. The number of nitrogens with one attached hydrogen (secondary N) is 4. The predicted molar refractivity (Wildman–Crippen MR) is 157 cm³/mol. The molecule has 210 valence electrons. The molecule has 0 radical (unpaired) electrons. The Bertz CT molecular complexity index is 1280. The van der Waals surface area contributed by atoms with Crippen molar-refractivity contribution >= 4 is 29.3 Å². The SMILES string of the molecule is CNCCC(=O)Nc1cccc(C(=O)NCCN2CCC(OC(=O)Nc3ccccc3-c3ccccc3)CC2)c1. The monoisotopic (exact) mass is 543 g/mol. The van der Waals surface area contributed by atoms with Crippen LogP contribution in [-0.4, -0.2) is 68.7 Å². The lowest BCUT2D eigenvalue weighted by molar-refractivity contribution is -0.116. The van der Waals surface area contributed by atoms with Gasteiger partial charge in [-0.3, -0.25) is 14.9 Å². The number of amides is 3. The van der Waals surface area contributed by atoms with Crippen molar-refractivity contribution in [2.75, 3.05) is 50.4 Å². The van der Waals surface area contributed by atoms with Gasteiger partial charge in [0, 0.05) is 56.0 Å². The highest BCUT2D eigenvalue weighted by molar-refractivity contribution is 5.97.